The summed E-state index contributed by atoms with van der Waals surface area (Å²) in [6, 6.07) is 3.75. The molecular formula is C14H19ClN4. The molecule has 1 fully saturated rings. The summed E-state index contributed by atoms with van der Waals surface area (Å²) in [4.78, 5) is 8.93. The summed E-state index contributed by atoms with van der Waals surface area (Å²) in [5.41, 5.74) is 0.683. The van der Waals surface area contributed by atoms with Crippen molar-refractivity contribution < 1.29 is 0 Å². The molecule has 2 heterocycles. The second-order valence-corrected chi connectivity index (χ2v) is 6.13. The molecule has 0 saturated carbocycles. The van der Waals surface area contributed by atoms with Gasteiger partial charge >= 0.3 is 0 Å². The third-order valence-corrected chi connectivity index (χ3v) is 3.89. The minimum atomic E-state index is 0.192. The maximum Gasteiger partial charge on any atom is 0.148 e. The lowest BCUT2D eigenvalue weighted by Crippen LogP contribution is -2.53. The lowest BCUT2D eigenvalue weighted by molar-refractivity contribution is 0.128. The van der Waals surface area contributed by atoms with Gasteiger partial charge in [0.2, 0.25) is 0 Å². The second-order valence-electron chi connectivity index (χ2n) is 5.75. The number of hydrogen-bond donors (Lipinski definition) is 0. The fourth-order valence-corrected chi connectivity index (χ4v) is 2.60. The molecule has 4 nitrogen and oxygen atoms in total. The van der Waals surface area contributed by atoms with Crippen molar-refractivity contribution in [3.63, 3.8) is 0 Å². The number of rotatable bonds is 1. The Kier molecular flexibility index (Phi) is 3.98. The molecule has 2 rings (SSSR count). The molecule has 1 saturated heterocycles. The minimum Gasteiger partial charge on any atom is -0.353 e. The molecule has 1 aliphatic rings. The van der Waals surface area contributed by atoms with Crippen LogP contribution in [0.3, 0.4) is 0 Å². The fourth-order valence-electron chi connectivity index (χ4n) is 2.33. The van der Waals surface area contributed by atoms with E-state index in [2.05, 4.69) is 41.6 Å². The van der Waals surface area contributed by atoms with Crippen LogP contribution in [0.5, 0.6) is 0 Å². The largest absolute Gasteiger partial charge is 0.353 e. The van der Waals surface area contributed by atoms with Gasteiger partial charge in [-0.1, -0.05) is 11.6 Å². The summed E-state index contributed by atoms with van der Waals surface area (Å²) in [7, 11) is 0. The maximum absolute atomic E-state index is 9.00. The lowest BCUT2D eigenvalue weighted by atomic mass is 10.0. The van der Waals surface area contributed by atoms with Crippen LogP contribution < -0.4 is 4.90 Å². The number of nitriles is 1. The van der Waals surface area contributed by atoms with Gasteiger partial charge in [-0.25, -0.2) is 4.98 Å². The Morgan fingerprint density at radius 2 is 1.89 bits per heavy atom. The molecule has 19 heavy (non-hydrogen) atoms. The molecule has 0 spiro atoms. The predicted molar refractivity (Wildman–Crippen MR) is 77.5 cm³/mol. The number of halogens is 1. The third-order valence-electron chi connectivity index (χ3n) is 3.52. The van der Waals surface area contributed by atoms with Crippen LogP contribution in [-0.4, -0.2) is 41.6 Å². The van der Waals surface area contributed by atoms with Crippen LogP contribution in [-0.2, 0) is 0 Å². The summed E-state index contributed by atoms with van der Waals surface area (Å²) in [5, 5.41) is 9.47. The van der Waals surface area contributed by atoms with Crippen LogP contribution in [0, 0.1) is 11.3 Å². The van der Waals surface area contributed by atoms with Gasteiger partial charge in [0.25, 0.3) is 0 Å². The lowest BCUT2D eigenvalue weighted by Gasteiger charge is -2.42. The van der Waals surface area contributed by atoms with Crippen molar-refractivity contribution in [3.05, 3.63) is 22.8 Å². The Morgan fingerprint density at radius 1 is 1.26 bits per heavy atom. The van der Waals surface area contributed by atoms with E-state index >= 15 is 0 Å². The average molecular weight is 279 g/mol. The Labute approximate surface area is 119 Å². The van der Waals surface area contributed by atoms with E-state index in [0.717, 1.165) is 32.0 Å². The molecule has 0 atom stereocenters. The fraction of sp³-hybridized carbons (Fsp3) is 0.571. The normalized spacial score (nSPS) is 17.3. The van der Waals surface area contributed by atoms with Gasteiger partial charge in [-0.15, -0.1) is 0 Å². The molecular weight excluding hydrogens is 260 g/mol. The first-order valence-electron chi connectivity index (χ1n) is 6.48. The highest BCUT2D eigenvalue weighted by molar-refractivity contribution is 6.34. The summed E-state index contributed by atoms with van der Waals surface area (Å²) < 4.78 is 0. The van der Waals surface area contributed by atoms with Gasteiger partial charge in [-0.3, -0.25) is 4.90 Å². The predicted octanol–water partition coefficient (Wildman–Crippen LogP) is 2.53. The second kappa shape index (κ2) is 5.36. The van der Waals surface area contributed by atoms with E-state index in [1.807, 2.05) is 0 Å². The monoisotopic (exact) mass is 278 g/mol. The van der Waals surface area contributed by atoms with Gasteiger partial charge in [-0.2, -0.15) is 5.26 Å². The Bertz CT molecular complexity index is 493. The molecule has 1 aromatic heterocycles. The van der Waals surface area contributed by atoms with E-state index in [0.29, 0.717) is 10.6 Å². The van der Waals surface area contributed by atoms with E-state index in [4.69, 9.17) is 16.9 Å². The first-order valence-corrected chi connectivity index (χ1v) is 6.86. The number of anilines is 1. The van der Waals surface area contributed by atoms with E-state index < -0.39 is 0 Å². The van der Waals surface area contributed by atoms with E-state index in [1.165, 1.54) is 0 Å². The number of nitrogens with zero attached hydrogens (tertiary/aromatic N) is 4. The van der Waals surface area contributed by atoms with Gasteiger partial charge in [0.1, 0.15) is 16.9 Å². The molecule has 0 N–H and O–H groups in total. The number of aromatic nitrogens is 1. The quantitative estimate of drug-likeness (QED) is 0.792. The average Bonchev–Trinajstić information content (AvgIpc) is 2.38. The highest BCUT2D eigenvalue weighted by Gasteiger charge is 2.27. The zero-order valence-electron chi connectivity index (χ0n) is 11.6. The smallest absolute Gasteiger partial charge is 0.148 e. The van der Waals surface area contributed by atoms with Crippen LogP contribution >= 0.6 is 11.6 Å². The van der Waals surface area contributed by atoms with Crippen LogP contribution in [0.25, 0.3) is 0 Å². The topological polar surface area (TPSA) is 43.2 Å². The van der Waals surface area contributed by atoms with E-state index in [9.17, 15) is 0 Å². The first-order chi connectivity index (χ1) is 8.93. The first kappa shape index (κ1) is 14.1. The number of hydrogen-bond acceptors (Lipinski definition) is 4. The van der Waals surface area contributed by atoms with Crippen molar-refractivity contribution >= 4 is 17.4 Å². The zero-order valence-corrected chi connectivity index (χ0v) is 12.4. The van der Waals surface area contributed by atoms with Gasteiger partial charge < -0.3 is 4.90 Å². The van der Waals surface area contributed by atoms with Crippen LogP contribution in [0.4, 0.5) is 5.82 Å². The molecule has 0 aromatic carbocycles. The van der Waals surface area contributed by atoms with Gasteiger partial charge in [0.05, 0.1) is 5.56 Å². The number of pyridine rings is 1. The van der Waals surface area contributed by atoms with Gasteiger partial charge in [0, 0.05) is 37.9 Å². The summed E-state index contributed by atoms with van der Waals surface area (Å²) in [6.07, 6.45) is 1.65. The molecule has 1 aromatic rings. The summed E-state index contributed by atoms with van der Waals surface area (Å²) >= 11 is 6.23. The molecule has 0 unspecified atom stereocenters. The van der Waals surface area contributed by atoms with Crippen molar-refractivity contribution in [3.8, 4) is 6.07 Å². The molecule has 0 bridgehead atoms. The van der Waals surface area contributed by atoms with Crippen LogP contribution in [0.2, 0.25) is 5.02 Å². The highest BCUT2D eigenvalue weighted by Crippen LogP contribution is 2.28. The molecule has 1 aliphatic heterocycles. The molecule has 5 heteroatoms. The SMILES string of the molecule is CC(C)(C)N1CCN(c2nccc(C#N)c2Cl)CC1. The van der Waals surface area contributed by atoms with E-state index in [-0.39, 0.29) is 5.54 Å². The summed E-state index contributed by atoms with van der Waals surface area (Å²) in [6.45, 7) is 10.4. The van der Waals surface area contributed by atoms with Gasteiger partial charge in [0.15, 0.2) is 0 Å². The number of piperazine rings is 1. The van der Waals surface area contributed by atoms with E-state index in [1.54, 1.807) is 12.3 Å². The molecule has 102 valence electrons. The van der Waals surface area contributed by atoms with Crippen molar-refractivity contribution in [2.24, 2.45) is 0 Å². The molecule has 0 amide bonds. The van der Waals surface area contributed by atoms with Crippen molar-refractivity contribution in [1.29, 1.82) is 5.26 Å². The third kappa shape index (κ3) is 2.99. The van der Waals surface area contributed by atoms with Crippen LogP contribution in [0.15, 0.2) is 12.3 Å². The van der Waals surface area contributed by atoms with Gasteiger partial charge in [-0.05, 0) is 26.8 Å². The van der Waals surface area contributed by atoms with Crippen LogP contribution in [0.1, 0.15) is 26.3 Å². The van der Waals surface area contributed by atoms with Crippen molar-refractivity contribution in [2.75, 3.05) is 31.1 Å². The minimum absolute atomic E-state index is 0.192. The summed E-state index contributed by atoms with van der Waals surface area (Å²) in [5.74, 6) is 0.731. The molecule has 0 radical (unpaired) electrons. The van der Waals surface area contributed by atoms with Crippen molar-refractivity contribution in [2.45, 2.75) is 26.3 Å². The Balaban J connectivity index is 2.13. The standard InChI is InChI=1S/C14H19ClN4/c1-14(2,3)19-8-6-18(7-9-19)13-12(15)11(10-16)4-5-17-13/h4-5H,6-9H2,1-3H3. The van der Waals surface area contributed by atoms with Crippen molar-refractivity contribution in [1.82, 2.24) is 9.88 Å². The zero-order chi connectivity index (χ0) is 14.0. The molecule has 0 aliphatic carbocycles. The Morgan fingerprint density at radius 3 is 2.42 bits per heavy atom. The maximum atomic E-state index is 9.00. The Hall–Kier alpha value is -1.31. The highest BCUT2D eigenvalue weighted by atomic mass is 35.5.